The van der Waals surface area contributed by atoms with Gasteiger partial charge in [-0.25, -0.2) is 0 Å². The van der Waals surface area contributed by atoms with E-state index in [1.807, 2.05) is 0 Å². The Labute approximate surface area is 92.6 Å². The maximum Gasteiger partial charge on any atom is 0.0637 e. The van der Waals surface area contributed by atoms with Gasteiger partial charge in [0.05, 0.1) is 6.61 Å². The highest BCUT2D eigenvalue weighted by atomic mass is 16.5. The quantitative estimate of drug-likeness (QED) is 0.676. The van der Waals surface area contributed by atoms with E-state index in [4.69, 9.17) is 4.74 Å². The molecular weight excluding hydrogens is 190 g/mol. The van der Waals surface area contributed by atoms with Gasteiger partial charge in [-0.1, -0.05) is 0 Å². The fourth-order valence-electron chi connectivity index (χ4n) is 2.57. The van der Waals surface area contributed by atoms with Crippen LogP contribution in [0.25, 0.3) is 0 Å². The lowest BCUT2D eigenvalue weighted by atomic mass is 10.0. The van der Waals surface area contributed by atoms with Gasteiger partial charge in [0.2, 0.25) is 0 Å². The smallest absolute Gasteiger partial charge is 0.0637 e. The number of ether oxygens (including phenoxy) is 1. The summed E-state index contributed by atoms with van der Waals surface area (Å²) in [5.41, 5.74) is 0. The topological polar surface area (TPSA) is 27.7 Å². The maximum absolute atomic E-state index is 5.60. The average Bonchev–Trinajstić information content (AvgIpc) is 2.30. The van der Waals surface area contributed by atoms with Gasteiger partial charge >= 0.3 is 0 Å². The van der Waals surface area contributed by atoms with Gasteiger partial charge in [0.25, 0.3) is 0 Å². The molecule has 2 aliphatic rings. The van der Waals surface area contributed by atoms with Crippen molar-refractivity contribution < 1.29 is 4.74 Å². The SMILES string of the molecule is CNC1CCOCC1N1CCN(C)CC1. The molecule has 2 unspecified atom stereocenters. The molecule has 0 bridgehead atoms. The maximum atomic E-state index is 5.60. The van der Waals surface area contributed by atoms with E-state index in [1.165, 1.54) is 26.2 Å². The third kappa shape index (κ3) is 2.69. The van der Waals surface area contributed by atoms with Crippen LogP contribution < -0.4 is 5.32 Å². The Kier molecular flexibility index (Phi) is 3.97. The van der Waals surface area contributed by atoms with Crippen molar-refractivity contribution in [3.8, 4) is 0 Å². The fourth-order valence-corrected chi connectivity index (χ4v) is 2.57. The van der Waals surface area contributed by atoms with Crippen molar-refractivity contribution in [2.45, 2.75) is 18.5 Å². The van der Waals surface area contributed by atoms with Crippen molar-refractivity contribution >= 4 is 0 Å². The Hall–Kier alpha value is -0.160. The second-order valence-corrected chi connectivity index (χ2v) is 4.67. The lowest BCUT2D eigenvalue weighted by Crippen LogP contribution is -2.59. The molecule has 2 heterocycles. The van der Waals surface area contributed by atoms with E-state index in [9.17, 15) is 0 Å². The van der Waals surface area contributed by atoms with Gasteiger partial charge in [0, 0.05) is 44.9 Å². The zero-order valence-corrected chi connectivity index (χ0v) is 9.91. The fraction of sp³-hybridized carbons (Fsp3) is 1.00. The molecule has 0 aromatic rings. The Morgan fingerprint density at radius 1 is 1.20 bits per heavy atom. The molecule has 2 rings (SSSR count). The molecule has 0 aromatic carbocycles. The van der Waals surface area contributed by atoms with Gasteiger partial charge in [-0.3, -0.25) is 4.90 Å². The summed E-state index contributed by atoms with van der Waals surface area (Å²) in [6, 6.07) is 1.19. The Bertz CT molecular complexity index is 192. The van der Waals surface area contributed by atoms with Crippen molar-refractivity contribution in [1.82, 2.24) is 15.1 Å². The summed E-state index contributed by atoms with van der Waals surface area (Å²) in [5, 5.41) is 3.43. The van der Waals surface area contributed by atoms with Crippen LogP contribution in [-0.2, 0) is 4.74 Å². The molecular formula is C11H23N3O. The highest BCUT2D eigenvalue weighted by Crippen LogP contribution is 2.15. The monoisotopic (exact) mass is 213 g/mol. The van der Waals surface area contributed by atoms with Crippen molar-refractivity contribution in [3.05, 3.63) is 0 Å². The van der Waals surface area contributed by atoms with Crippen LogP contribution in [0.1, 0.15) is 6.42 Å². The molecule has 15 heavy (non-hydrogen) atoms. The summed E-state index contributed by atoms with van der Waals surface area (Å²) in [4.78, 5) is 4.98. The lowest BCUT2D eigenvalue weighted by molar-refractivity contribution is -0.0158. The van der Waals surface area contributed by atoms with Crippen LogP contribution in [-0.4, -0.2) is 75.4 Å². The molecule has 4 nitrogen and oxygen atoms in total. The van der Waals surface area contributed by atoms with Crippen molar-refractivity contribution in [3.63, 3.8) is 0 Å². The third-order valence-corrected chi connectivity index (χ3v) is 3.70. The van der Waals surface area contributed by atoms with E-state index in [2.05, 4.69) is 29.2 Å². The van der Waals surface area contributed by atoms with Crippen LogP contribution in [0.2, 0.25) is 0 Å². The molecule has 0 saturated carbocycles. The molecule has 2 saturated heterocycles. The lowest BCUT2D eigenvalue weighted by Gasteiger charge is -2.43. The molecule has 2 aliphatic heterocycles. The third-order valence-electron chi connectivity index (χ3n) is 3.70. The molecule has 0 spiro atoms. The predicted molar refractivity (Wildman–Crippen MR) is 61.1 cm³/mol. The molecule has 2 fully saturated rings. The molecule has 4 heteroatoms. The number of likely N-dealkylation sites (N-methyl/N-ethyl adjacent to an activating group) is 2. The van der Waals surface area contributed by atoms with Gasteiger partial charge in [0.1, 0.15) is 0 Å². The van der Waals surface area contributed by atoms with Crippen LogP contribution in [0.4, 0.5) is 0 Å². The Morgan fingerprint density at radius 2 is 1.93 bits per heavy atom. The minimum atomic E-state index is 0.581. The number of piperazine rings is 1. The largest absolute Gasteiger partial charge is 0.380 e. The first-order valence-corrected chi connectivity index (χ1v) is 5.99. The van der Waals surface area contributed by atoms with Crippen LogP contribution in [0, 0.1) is 0 Å². The number of hydrogen-bond acceptors (Lipinski definition) is 4. The first kappa shape index (κ1) is 11.3. The van der Waals surface area contributed by atoms with E-state index in [0.29, 0.717) is 12.1 Å². The summed E-state index contributed by atoms with van der Waals surface area (Å²) < 4.78 is 5.60. The molecule has 2 atom stereocenters. The predicted octanol–water partition coefficient (Wildman–Crippen LogP) is -0.389. The zero-order chi connectivity index (χ0) is 10.7. The Balaban J connectivity index is 1.90. The number of hydrogen-bond donors (Lipinski definition) is 1. The Morgan fingerprint density at radius 3 is 2.60 bits per heavy atom. The second kappa shape index (κ2) is 5.25. The summed E-state index contributed by atoms with van der Waals surface area (Å²) >= 11 is 0. The number of rotatable bonds is 2. The number of nitrogens with zero attached hydrogens (tertiary/aromatic N) is 2. The zero-order valence-electron chi connectivity index (χ0n) is 9.91. The molecule has 88 valence electrons. The van der Waals surface area contributed by atoms with Gasteiger partial charge in [0.15, 0.2) is 0 Å². The second-order valence-electron chi connectivity index (χ2n) is 4.67. The summed E-state index contributed by atoms with van der Waals surface area (Å²) in [6.07, 6.45) is 1.15. The molecule has 0 aliphatic carbocycles. The minimum absolute atomic E-state index is 0.581. The van der Waals surface area contributed by atoms with Crippen LogP contribution >= 0.6 is 0 Å². The van der Waals surface area contributed by atoms with E-state index in [0.717, 1.165) is 19.6 Å². The first-order chi connectivity index (χ1) is 7.31. The first-order valence-electron chi connectivity index (χ1n) is 5.99. The van der Waals surface area contributed by atoms with Crippen LogP contribution in [0.15, 0.2) is 0 Å². The minimum Gasteiger partial charge on any atom is -0.380 e. The van der Waals surface area contributed by atoms with Gasteiger partial charge in [-0.05, 0) is 20.5 Å². The molecule has 1 N–H and O–H groups in total. The van der Waals surface area contributed by atoms with Crippen molar-refractivity contribution in [1.29, 1.82) is 0 Å². The van der Waals surface area contributed by atoms with Gasteiger partial charge in [-0.15, -0.1) is 0 Å². The summed E-state index contributed by atoms with van der Waals surface area (Å²) in [6.45, 7) is 6.55. The van der Waals surface area contributed by atoms with Crippen LogP contribution in [0.3, 0.4) is 0 Å². The summed E-state index contributed by atoms with van der Waals surface area (Å²) in [7, 11) is 4.27. The molecule has 0 amide bonds. The highest BCUT2D eigenvalue weighted by Gasteiger charge is 2.31. The van der Waals surface area contributed by atoms with E-state index < -0.39 is 0 Å². The van der Waals surface area contributed by atoms with E-state index in [-0.39, 0.29) is 0 Å². The van der Waals surface area contributed by atoms with E-state index in [1.54, 1.807) is 0 Å². The van der Waals surface area contributed by atoms with Crippen LogP contribution in [0.5, 0.6) is 0 Å². The van der Waals surface area contributed by atoms with Crippen molar-refractivity contribution in [2.24, 2.45) is 0 Å². The average molecular weight is 213 g/mol. The van der Waals surface area contributed by atoms with Crippen molar-refractivity contribution in [2.75, 3.05) is 53.5 Å². The highest BCUT2D eigenvalue weighted by molar-refractivity contribution is 4.88. The normalized spacial score (nSPS) is 35.6. The van der Waals surface area contributed by atoms with Gasteiger partial charge in [-0.2, -0.15) is 0 Å². The number of nitrogens with one attached hydrogen (secondary N) is 1. The van der Waals surface area contributed by atoms with Gasteiger partial charge < -0.3 is 15.0 Å². The molecule has 0 radical (unpaired) electrons. The molecule has 0 aromatic heterocycles. The standard InChI is InChI=1S/C11H23N3O/c1-12-10-3-8-15-9-11(10)14-6-4-13(2)5-7-14/h10-12H,3-9H2,1-2H3. The van der Waals surface area contributed by atoms with E-state index >= 15 is 0 Å². The summed E-state index contributed by atoms with van der Waals surface area (Å²) in [5.74, 6) is 0.